The summed E-state index contributed by atoms with van der Waals surface area (Å²) < 4.78 is 0. The van der Waals surface area contributed by atoms with E-state index in [9.17, 15) is 9.90 Å². The molecule has 21 heavy (non-hydrogen) atoms. The molecule has 1 N–H and O–H groups in total. The molecule has 114 valence electrons. The molecule has 0 unspecified atom stereocenters. The van der Waals surface area contributed by atoms with E-state index in [1.54, 1.807) is 4.90 Å². The van der Waals surface area contributed by atoms with E-state index in [1.165, 1.54) is 4.90 Å². The molecule has 0 spiro atoms. The number of hydrogen-bond donors (Lipinski definition) is 1. The first kappa shape index (κ1) is 15.9. The third kappa shape index (κ3) is 2.94. The zero-order valence-electron chi connectivity index (χ0n) is 12.6. The Morgan fingerprint density at radius 1 is 1.14 bits per heavy atom. The molecule has 2 rings (SSSR count). The van der Waals surface area contributed by atoms with Crippen molar-refractivity contribution in [1.29, 1.82) is 0 Å². The molecule has 4 nitrogen and oxygen atoms in total. The fraction of sp³-hybridized carbons (Fsp3) is 0.500. The highest BCUT2D eigenvalue weighted by Gasteiger charge is 2.53. The van der Waals surface area contributed by atoms with Crippen LogP contribution in [0.3, 0.4) is 0 Å². The molecular formula is C16H22N2O2S. The number of carbonyl (C=O) groups excluding carboxylic acids is 1. The van der Waals surface area contributed by atoms with Crippen LogP contribution in [0.25, 0.3) is 0 Å². The molecule has 1 fully saturated rings. The van der Waals surface area contributed by atoms with Gasteiger partial charge in [0.1, 0.15) is 0 Å². The highest BCUT2D eigenvalue weighted by atomic mass is 32.1. The van der Waals surface area contributed by atoms with Gasteiger partial charge in [-0.05, 0) is 30.6 Å². The Bertz CT molecular complexity index is 520. The maximum atomic E-state index is 12.7. The molecule has 1 saturated heterocycles. The van der Waals surface area contributed by atoms with E-state index < -0.39 is 5.72 Å². The number of carbonyl (C=O) groups is 1. The van der Waals surface area contributed by atoms with E-state index in [-0.39, 0.29) is 12.3 Å². The van der Waals surface area contributed by atoms with E-state index in [1.807, 2.05) is 44.2 Å². The Kier molecular flexibility index (Phi) is 4.96. The van der Waals surface area contributed by atoms with Crippen molar-refractivity contribution in [2.75, 3.05) is 13.1 Å². The van der Waals surface area contributed by atoms with Gasteiger partial charge in [0.2, 0.25) is 5.72 Å². The van der Waals surface area contributed by atoms with E-state index >= 15 is 0 Å². The fourth-order valence-electron chi connectivity index (χ4n) is 2.70. The van der Waals surface area contributed by atoms with Crippen molar-refractivity contribution in [2.45, 2.75) is 38.8 Å². The third-order valence-corrected chi connectivity index (χ3v) is 4.12. The van der Waals surface area contributed by atoms with Gasteiger partial charge in [0.05, 0.1) is 0 Å². The Labute approximate surface area is 131 Å². The van der Waals surface area contributed by atoms with Gasteiger partial charge in [0.15, 0.2) is 5.11 Å². The molecule has 5 heteroatoms. The predicted molar refractivity (Wildman–Crippen MR) is 86.7 cm³/mol. The van der Waals surface area contributed by atoms with Crippen molar-refractivity contribution < 1.29 is 9.90 Å². The third-order valence-electron chi connectivity index (χ3n) is 3.68. The van der Waals surface area contributed by atoms with Gasteiger partial charge < -0.3 is 10.0 Å². The Morgan fingerprint density at radius 2 is 1.76 bits per heavy atom. The van der Waals surface area contributed by atoms with Crippen molar-refractivity contribution in [3.63, 3.8) is 0 Å². The number of thiocarbonyl (C=S) groups is 1. The normalized spacial score (nSPS) is 22.2. The summed E-state index contributed by atoms with van der Waals surface area (Å²) in [6.07, 6.45) is 1.89. The number of benzene rings is 1. The summed E-state index contributed by atoms with van der Waals surface area (Å²) in [4.78, 5) is 15.9. The van der Waals surface area contributed by atoms with Crippen LogP contribution >= 0.6 is 12.2 Å². The summed E-state index contributed by atoms with van der Waals surface area (Å²) in [7, 11) is 0. The summed E-state index contributed by atoms with van der Waals surface area (Å²) in [5.41, 5.74) is -0.625. The molecule has 0 saturated carbocycles. The van der Waals surface area contributed by atoms with Crippen LogP contribution < -0.4 is 0 Å². The summed E-state index contributed by atoms with van der Waals surface area (Å²) >= 11 is 5.41. The summed E-state index contributed by atoms with van der Waals surface area (Å²) in [6.45, 7) is 5.14. The van der Waals surface area contributed by atoms with Gasteiger partial charge in [-0.15, -0.1) is 0 Å². The lowest BCUT2D eigenvalue weighted by atomic mass is 10.0. The highest BCUT2D eigenvalue weighted by Crippen LogP contribution is 2.30. The lowest BCUT2D eigenvalue weighted by Crippen LogP contribution is -2.51. The first-order valence-corrected chi connectivity index (χ1v) is 7.85. The summed E-state index contributed by atoms with van der Waals surface area (Å²) in [5, 5.41) is 11.5. The van der Waals surface area contributed by atoms with Crippen LogP contribution in [0.2, 0.25) is 0 Å². The minimum Gasteiger partial charge on any atom is -0.363 e. The minimum atomic E-state index is -1.55. The quantitative estimate of drug-likeness (QED) is 0.818. The monoisotopic (exact) mass is 306 g/mol. The number of hydrogen-bond acceptors (Lipinski definition) is 3. The molecule has 1 aromatic carbocycles. The Morgan fingerprint density at radius 3 is 2.33 bits per heavy atom. The van der Waals surface area contributed by atoms with Gasteiger partial charge in [0.25, 0.3) is 5.91 Å². The first-order chi connectivity index (χ1) is 10.0. The average Bonchev–Trinajstić information content (AvgIpc) is 2.64. The van der Waals surface area contributed by atoms with Crippen molar-refractivity contribution in [3.8, 4) is 0 Å². The molecule has 1 aromatic rings. The molecule has 1 atom stereocenters. The Hall–Kier alpha value is -1.46. The second-order valence-corrected chi connectivity index (χ2v) is 5.74. The molecule has 0 bridgehead atoms. The van der Waals surface area contributed by atoms with Gasteiger partial charge in [0, 0.05) is 19.5 Å². The zero-order valence-corrected chi connectivity index (χ0v) is 13.4. The number of amides is 1. The molecule has 1 aliphatic heterocycles. The van der Waals surface area contributed by atoms with E-state index in [2.05, 4.69) is 0 Å². The highest BCUT2D eigenvalue weighted by molar-refractivity contribution is 7.80. The summed E-state index contributed by atoms with van der Waals surface area (Å²) in [6, 6.07) is 9.57. The van der Waals surface area contributed by atoms with E-state index in [0.29, 0.717) is 18.2 Å². The van der Waals surface area contributed by atoms with E-state index in [0.717, 1.165) is 18.4 Å². The van der Waals surface area contributed by atoms with Crippen LogP contribution in [0.1, 0.15) is 32.3 Å². The van der Waals surface area contributed by atoms with E-state index in [4.69, 9.17) is 12.2 Å². The van der Waals surface area contributed by atoms with Gasteiger partial charge in [-0.2, -0.15) is 0 Å². The molecule has 1 heterocycles. The minimum absolute atomic E-state index is 0.257. The standard InChI is InChI=1S/C16H22N2O2S/c1-3-10-17-14(19)16(20,18(11-4-2)15(17)21)12-13-8-6-5-7-9-13/h5-9,20H,3-4,10-12H2,1-2H3/t16-/m1/s1. The smallest absolute Gasteiger partial charge is 0.282 e. The molecule has 0 aromatic heterocycles. The van der Waals surface area contributed by atoms with Crippen LogP contribution in [0.5, 0.6) is 0 Å². The van der Waals surface area contributed by atoms with Gasteiger partial charge >= 0.3 is 0 Å². The average molecular weight is 306 g/mol. The van der Waals surface area contributed by atoms with Crippen molar-refractivity contribution in [2.24, 2.45) is 0 Å². The second kappa shape index (κ2) is 6.54. The molecule has 1 amide bonds. The van der Waals surface area contributed by atoms with Crippen LogP contribution in [0.15, 0.2) is 30.3 Å². The maximum absolute atomic E-state index is 12.7. The zero-order chi connectivity index (χ0) is 15.5. The van der Waals surface area contributed by atoms with Crippen LogP contribution in [-0.4, -0.2) is 44.7 Å². The lowest BCUT2D eigenvalue weighted by Gasteiger charge is -2.31. The molecule has 1 aliphatic rings. The number of aliphatic hydroxyl groups is 1. The van der Waals surface area contributed by atoms with Crippen LogP contribution in [-0.2, 0) is 11.2 Å². The van der Waals surface area contributed by atoms with Crippen LogP contribution in [0, 0.1) is 0 Å². The molecule has 0 radical (unpaired) electrons. The molecular weight excluding hydrogens is 284 g/mol. The molecule has 0 aliphatic carbocycles. The van der Waals surface area contributed by atoms with Gasteiger partial charge in [-0.25, -0.2) is 0 Å². The lowest BCUT2D eigenvalue weighted by molar-refractivity contribution is -0.153. The fourth-order valence-corrected chi connectivity index (χ4v) is 3.12. The van der Waals surface area contributed by atoms with Gasteiger partial charge in [-0.1, -0.05) is 44.2 Å². The maximum Gasteiger partial charge on any atom is 0.282 e. The number of nitrogens with zero attached hydrogens (tertiary/aromatic N) is 2. The first-order valence-electron chi connectivity index (χ1n) is 7.44. The van der Waals surface area contributed by atoms with Crippen LogP contribution in [0.4, 0.5) is 0 Å². The number of rotatable bonds is 6. The Balaban J connectivity index is 2.32. The second-order valence-electron chi connectivity index (χ2n) is 5.37. The van der Waals surface area contributed by atoms with Crippen molar-refractivity contribution in [3.05, 3.63) is 35.9 Å². The topological polar surface area (TPSA) is 43.8 Å². The SMILES string of the molecule is CCCN1C(=O)[C@](O)(Cc2ccccc2)N(CCC)C1=S. The van der Waals surface area contributed by atoms with Crippen molar-refractivity contribution in [1.82, 2.24) is 9.80 Å². The largest absolute Gasteiger partial charge is 0.363 e. The summed E-state index contributed by atoms with van der Waals surface area (Å²) in [5.74, 6) is -0.299. The van der Waals surface area contributed by atoms with Gasteiger partial charge in [-0.3, -0.25) is 9.69 Å². The van der Waals surface area contributed by atoms with Crippen molar-refractivity contribution >= 4 is 23.2 Å². The predicted octanol–water partition coefficient (Wildman–Crippen LogP) is 2.17.